The third-order valence-corrected chi connectivity index (χ3v) is 1.69. The van der Waals surface area contributed by atoms with Gasteiger partial charge in [0.15, 0.2) is 6.29 Å². The summed E-state index contributed by atoms with van der Waals surface area (Å²) in [5, 5.41) is 0. The molecule has 1 aromatic rings. The summed E-state index contributed by atoms with van der Waals surface area (Å²) in [4.78, 5) is 14.5. The Morgan fingerprint density at radius 1 is 1.33 bits per heavy atom. The number of nitrogens with zero attached hydrogens (tertiary/aromatic N) is 1. The van der Waals surface area contributed by atoms with Crippen molar-refractivity contribution < 1.29 is 4.79 Å². The van der Waals surface area contributed by atoms with Crippen molar-refractivity contribution in [3.63, 3.8) is 0 Å². The molecule has 0 radical (unpaired) electrons. The molecule has 0 bridgehead atoms. The first kappa shape index (κ1) is 8.91. The molecular weight excluding hydrogens is 150 g/mol. The third-order valence-electron chi connectivity index (χ3n) is 1.69. The molecular formula is C10H13NO. The molecule has 0 aliphatic rings. The summed E-state index contributed by atoms with van der Waals surface area (Å²) in [7, 11) is 0. The lowest BCUT2D eigenvalue weighted by Crippen LogP contribution is -2.13. The SMILES string of the molecule is CC(C)(C)c1ccc(C=O)cn1. The van der Waals surface area contributed by atoms with Gasteiger partial charge in [-0.25, -0.2) is 0 Å². The summed E-state index contributed by atoms with van der Waals surface area (Å²) in [6.45, 7) is 6.28. The number of aldehydes is 1. The Morgan fingerprint density at radius 2 is 2.00 bits per heavy atom. The molecule has 0 aromatic carbocycles. The van der Waals surface area contributed by atoms with E-state index in [2.05, 4.69) is 25.8 Å². The summed E-state index contributed by atoms with van der Waals surface area (Å²) >= 11 is 0. The Bertz CT molecular complexity index is 269. The third kappa shape index (κ3) is 1.91. The summed E-state index contributed by atoms with van der Waals surface area (Å²) in [6.07, 6.45) is 2.41. The monoisotopic (exact) mass is 163 g/mol. The van der Waals surface area contributed by atoms with Crippen LogP contribution in [0.1, 0.15) is 36.8 Å². The van der Waals surface area contributed by atoms with E-state index < -0.39 is 0 Å². The van der Waals surface area contributed by atoms with E-state index in [-0.39, 0.29) is 5.41 Å². The first-order chi connectivity index (χ1) is 5.54. The van der Waals surface area contributed by atoms with Gasteiger partial charge in [-0.3, -0.25) is 9.78 Å². The summed E-state index contributed by atoms with van der Waals surface area (Å²) in [5.41, 5.74) is 1.69. The highest BCUT2D eigenvalue weighted by atomic mass is 16.1. The topological polar surface area (TPSA) is 30.0 Å². The molecule has 0 saturated carbocycles. The molecule has 0 unspecified atom stereocenters. The predicted molar refractivity (Wildman–Crippen MR) is 48.3 cm³/mol. The maximum absolute atomic E-state index is 10.3. The number of hydrogen-bond acceptors (Lipinski definition) is 2. The quantitative estimate of drug-likeness (QED) is 0.594. The van der Waals surface area contributed by atoms with Crippen LogP contribution in [0.4, 0.5) is 0 Å². The smallest absolute Gasteiger partial charge is 0.151 e. The maximum atomic E-state index is 10.3. The fourth-order valence-corrected chi connectivity index (χ4v) is 0.919. The van der Waals surface area contributed by atoms with Gasteiger partial charge in [0.2, 0.25) is 0 Å². The predicted octanol–water partition coefficient (Wildman–Crippen LogP) is 2.19. The molecule has 64 valence electrons. The molecule has 2 nitrogen and oxygen atoms in total. The van der Waals surface area contributed by atoms with Gasteiger partial charge in [-0.05, 0) is 12.1 Å². The van der Waals surface area contributed by atoms with Crippen LogP contribution in [0, 0.1) is 0 Å². The lowest BCUT2D eigenvalue weighted by atomic mass is 9.91. The molecule has 0 fully saturated rings. The Balaban J connectivity index is 3.00. The van der Waals surface area contributed by atoms with E-state index >= 15 is 0 Å². The fraction of sp³-hybridized carbons (Fsp3) is 0.400. The normalized spacial score (nSPS) is 11.2. The number of hydrogen-bond donors (Lipinski definition) is 0. The Kier molecular flexibility index (Phi) is 2.27. The molecule has 12 heavy (non-hydrogen) atoms. The van der Waals surface area contributed by atoms with Gasteiger partial charge >= 0.3 is 0 Å². The molecule has 0 N–H and O–H groups in total. The first-order valence-corrected chi connectivity index (χ1v) is 3.96. The Morgan fingerprint density at radius 3 is 2.33 bits per heavy atom. The second kappa shape index (κ2) is 3.05. The summed E-state index contributed by atoms with van der Waals surface area (Å²) in [5.74, 6) is 0. The molecule has 0 amide bonds. The van der Waals surface area contributed by atoms with Crippen molar-refractivity contribution in [2.24, 2.45) is 0 Å². The molecule has 0 aliphatic heterocycles. The van der Waals surface area contributed by atoms with E-state index in [9.17, 15) is 4.79 Å². The van der Waals surface area contributed by atoms with Crippen LogP contribution in [-0.4, -0.2) is 11.3 Å². The number of carbonyl (C=O) groups excluding carboxylic acids is 1. The van der Waals surface area contributed by atoms with E-state index in [1.165, 1.54) is 0 Å². The molecule has 1 heterocycles. The minimum Gasteiger partial charge on any atom is -0.298 e. The molecule has 1 rings (SSSR count). The van der Waals surface area contributed by atoms with Crippen LogP contribution in [0.3, 0.4) is 0 Å². The van der Waals surface area contributed by atoms with Gasteiger partial charge in [0, 0.05) is 22.9 Å². The average molecular weight is 163 g/mol. The van der Waals surface area contributed by atoms with Crippen LogP contribution in [0.15, 0.2) is 18.3 Å². The van der Waals surface area contributed by atoms with Crippen LogP contribution < -0.4 is 0 Å². The molecule has 2 heteroatoms. The second-order valence-corrected chi connectivity index (χ2v) is 3.84. The van der Waals surface area contributed by atoms with Crippen LogP contribution >= 0.6 is 0 Å². The average Bonchev–Trinajstić information content (AvgIpc) is 2.03. The van der Waals surface area contributed by atoms with Gasteiger partial charge in [-0.15, -0.1) is 0 Å². The van der Waals surface area contributed by atoms with Gasteiger partial charge in [0.25, 0.3) is 0 Å². The molecule has 0 atom stereocenters. The molecule has 0 aliphatic carbocycles. The van der Waals surface area contributed by atoms with Crippen LogP contribution in [-0.2, 0) is 5.41 Å². The van der Waals surface area contributed by atoms with Crippen LogP contribution in [0.5, 0.6) is 0 Å². The van der Waals surface area contributed by atoms with Crippen molar-refractivity contribution in [1.29, 1.82) is 0 Å². The lowest BCUT2D eigenvalue weighted by Gasteiger charge is -2.16. The zero-order chi connectivity index (χ0) is 9.19. The minimum atomic E-state index is 0.0570. The van der Waals surface area contributed by atoms with Crippen molar-refractivity contribution in [2.75, 3.05) is 0 Å². The van der Waals surface area contributed by atoms with Crippen molar-refractivity contribution in [3.8, 4) is 0 Å². The number of rotatable bonds is 1. The highest BCUT2D eigenvalue weighted by Crippen LogP contribution is 2.19. The van der Waals surface area contributed by atoms with Crippen molar-refractivity contribution >= 4 is 6.29 Å². The van der Waals surface area contributed by atoms with Gasteiger partial charge in [-0.2, -0.15) is 0 Å². The lowest BCUT2D eigenvalue weighted by molar-refractivity contribution is 0.112. The van der Waals surface area contributed by atoms with Gasteiger partial charge in [0.05, 0.1) is 0 Å². The summed E-state index contributed by atoms with van der Waals surface area (Å²) in [6, 6.07) is 3.68. The largest absolute Gasteiger partial charge is 0.298 e. The zero-order valence-electron chi connectivity index (χ0n) is 7.66. The zero-order valence-corrected chi connectivity index (χ0v) is 7.66. The molecule has 0 saturated heterocycles. The number of pyridine rings is 1. The van der Waals surface area contributed by atoms with E-state index in [1.807, 2.05) is 6.07 Å². The Labute approximate surface area is 72.6 Å². The van der Waals surface area contributed by atoms with E-state index in [0.717, 1.165) is 12.0 Å². The van der Waals surface area contributed by atoms with E-state index in [4.69, 9.17) is 0 Å². The number of carbonyl (C=O) groups is 1. The van der Waals surface area contributed by atoms with Crippen molar-refractivity contribution in [3.05, 3.63) is 29.6 Å². The van der Waals surface area contributed by atoms with Crippen LogP contribution in [0.2, 0.25) is 0 Å². The van der Waals surface area contributed by atoms with Crippen LogP contribution in [0.25, 0.3) is 0 Å². The Hall–Kier alpha value is -1.18. The van der Waals surface area contributed by atoms with Crippen molar-refractivity contribution in [1.82, 2.24) is 4.98 Å². The number of aromatic nitrogens is 1. The van der Waals surface area contributed by atoms with Gasteiger partial charge in [-0.1, -0.05) is 20.8 Å². The highest BCUT2D eigenvalue weighted by Gasteiger charge is 2.14. The van der Waals surface area contributed by atoms with Gasteiger partial charge in [0.1, 0.15) is 0 Å². The second-order valence-electron chi connectivity index (χ2n) is 3.84. The van der Waals surface area contributed by atoms with E-state index in [0.29, 0.717) is 5.56 Å². The fourth-order valence-electron chi connectivity index (χ4n) is 0.919. The highest BCUT2D eigenvalue weighted by molar-refractivity contribution is 5.73. The minimum absolute atomic E-state index is 0.0570. The maximum Gasteiger partial charge on any atom is 0.151 e. The molecule has 0 spiro atoms. The van der Waals surface area contributed by atoms with Crippen molar-refractivity contribution in [2.45, 2.75) is 26.2 Å². The standard InChI is InChI=1S/C10H13NO/c1-10(2,3)9-5-4-8(7-12)6-11-9/h4-7H,1-3H3. The first-order valence-electron chi connectivity index (χ1n) is 3.96. The van der Waals surface area contributed by atoms with E-state index in [1.54, 1.807) is 12.3 Å². The molecule has 1 aromatic heterocycles. The van der Waals surface area contributed by atoms with Gasteiger partial charge < -0.3 is 0 Å². The summed E-state index contributed by atoms with van der Waals surface area (Å²) < 4.78 is 0.